The molecule has 180 valence electrons. The summed E-state index contributed by atoms with van der Waals surface area (Å²) in [4.78, 5) is 38.6. The molecular formula is C26H30N2O6. The monoisotopic (exact) mass is 466 g/mol. The van der Waals surface area contributed by atoms with Crippen LogP contribution in [0, 0.1) is 5.41 Å². The fourth-order valence-corrected chi connectivity index (χ4v) is 4.75. The molecule has 2 aliphatic rings. The largest absolute Gasteiger partial charge is 0.479 e. The van der Waals surface area contributed by atoms with Crippen molar-refractivity contribution < 1.29 is 29.3 Å². The molecule has 2 aromatic carbocycles. The second-order valence-electron chi connectivity index (χ2n) is 10.1. The highest BCUT2D eigenvalue weighted by Crippen LogP contribution is 2.44. The Morgan fingerprint density at radius 3 is 2.15 bits per heavy atom. The average molecular weight is 467 g/mol. The Labute approximate surface area is 198 Å². The van der Waals surface area contributed by atoms with Gasteiger partial charge < -0.3 is 25.2 Å². The van der Waals surface area contributed by atoms with Crippen molar-refractivity contribution in [3.8, 4) is 11.1 Å². The summed E-state index contributed by atoms with van der Waals surface area (Å²) in [5.41, 5.74) is 1.79. The van der Waals surface area contributed by atoms with Gasteiger partial charge in [-0.15, -0.1) is 0 Å². The number of benzene rings is 2. The molecule has 8 heteroatoms. The number of β-amino-alcohol motifs (C(OH)–C–C–N with tert-alkyl or cyclic N) is 1. The third-order valence-corrected chi connectivity index (χ3v) is 6.68. The molecule has 0 radical (unpaired) electrons. The van der Waals surface area contributed by atoms with Crippen LogP contribution in [0.5, 0.6) is 0 Å². The van der Waals surface area contributed by atoms with Crippen molar-refractivity contribution >= 4 is 18.0 Å². The van der Waals surface area contributed by atoms with E-state index in [1.54, 1.807) is 20.8 Å². The Kier molecular flexibility index (Phi) is 6.12. The van der Waals surface area contributed by atoms with E-state index >= 15 is 0 Å². The van der Waals surface area contributed by atoms with Gasteiger partial charge in [0.2, 0.25) is 5.91 Å². The number of fused-ring (bicyclic) bond motifs is 3. The summed E-state index contributed by atoms with van der Waals surface area (Å²) in [5.74, 6) is -1.91. The standard InChI is InChI=1S/C26H30N2O6/c1-25(2,3)21(22(29)28-13-12-26(33,15-28)23(30)31)27-24(32)34-14-20-18-10-6-4-8-16(18)17-9-5-7-11-19(17)20/h4-11,20-21,33H,12-15H2,1-3H3,(H,27,32)(H,30,31). The lowest BCUT2D eigenvalue weighted by atomic mass is 9.86. The first-order chi connectivity index (χ1) is 16.0. The lowest BCUT2D eigenvalue weighted by Crippen LogP contribution is -2.55. The number of nitrogens with zero attached hydrogens (tertiary/aromatic N) is 1. The Morgan fingerprint density at radius 1 is 1.09 bits per heavy atom. The maximum atomic E-state index is 13.2. The minimum atomic E-state index is -1.97. The van der Waals surface area contributed by atoms with Crippen molar-refractivity contribution in [3.63, 3.8) is 0 Å². The molecule has 3 N–H and O–H groups in total. The maximum absolute atomic E-state index is 13.2. The van der Waals surface area contributed by atoms with Crippen LogP contribution in [0.15, 0.2) is 48.5 Å². The summed E-state index contributed by atoms with van der Waals surface area (Å²) >= 11 is 0. The third-order valence-electron chi connectivity index (χ3n) is 6.68. The number of amides is 2. The number of ether oxygens (including phenoxy) is 1. The predicted molar refractivity (Wildman–Crippen MR) is 125 cm³/mol. The van der Waals surface area contributed by atoms with Crippen LogP contribution in [-0.2, 0) is 14.3 Å². The summed E-state index contributed by atoms with van der Waals surface area (Å²) in [6.07, 6.45) is -0.779. The van der Waals surface area contributed by atoms with Crippen LogP contribution in [0.2, 0.25) is 0 Å². The molecule has 1 heterocycles. The molecule has 1 aliphatic carbocycles. The van der Waals surface area contributed by atoms with Crippen LogP contribution in [-0.4, -0.2) is 64.4 Å². The molecule has 2 unspecified atom stereocenters. The zero-order valence-corrected chi connectivity index (χ0v) is 19.6. The number of rotatable bonds is 5. The van der Waals surface area contributed by atoms with Crippen LogP contribution >= 0.6 is 0 Å². The molecule has 1 aliphatic heterocycles. The van der Waals surface area contributed by atoms with Gasteiger partial charge in [-0.3, -0.25) is 4.79 Å². The average Bonchev–Trinajstić information content (AvgIpc) is 3.34. The summed E-state index contributed by atoms with van der Waals surface area (Å²) < 4.78 is 5.59. The quantitative estimate of drug-likeness (QED) is 0.624. The number of aliphatic hydroxyl groups is 1. The van der Waals surface area contributed by atoms with Crippen molar-refractivity contribution in [2.45, 2.75) is 44.8 Å². The number of carbonyl (C=O) groups is 3. The van der Waals surface area contributed by atoms with Crippen molar-refractivity contribution in [2.24, 2.45) is 5.41 Å². The minimum Gasteiger partial charge on any atom is -0.479 e. The first-order valence-electron chi connectivity index (χ1n) is 11.4. The fraction of sp³-hybridized carbons (Fsp3) is 0.423. The zero-order valence-electron chi connectivity index (χ0n) is 19.6. The Morgan fingerprint density at radius 2 is 1.65 bits per heavy atom. The molecule has 2 amide bonds. The molecule has 8 nitrogen and oxygen atoms in total. The van der Waals surface area contributed by atoms with E-state index in [4.69, 9.17) is 4.74 Å². The SMILES string of the molecule is CC(C)(C)C(NC(=O)OCC1c2ccccc2-c2ccccc21)C(=O)N1CCC(O)(C(=O)O)C1. The molecule has 34 heavy (non-hydrogen) atoms. The van der Waals surface area contributed by atoms with E-state index in [0.29, 0.717) is 0 Å². The molecule has 4 rings (SSSR count). The number of hydrogen-bond donors (Lipinski definition) is 3. The molecular weight excluding hydrogens is 436 g/mol. The van der Waals surface area contributed by atoms with Crippen LogP contribution in [0.25, 0.3) is 11.1 Å². The molecule has 0 aromatic heterocycles. The lowest BCUT2D eigenvalue weighted by Gasteiger charge is -2.33. The van der Waals surface area contributed by atoms with E-state index in [9.17, 15) is 24.6 Å². The number of carboxylic acid groups (broad SMARTS) is 1. The summed E-state index contributed by atoms with van der Waals surface area (Å²) in [5, 5.41) is 22.1. The Hall–Kier alpha value is -3.39. The van der Waals surface area contributed by atoms with E-state index in [1.165, 1.54) is 4.90 Å². The van der Waals surface area contributed by atoms with Crippen molar-refractivity contribution in [1.82, 2.24) is 10.2 Å². The summed E-state index contributed by atoms with van der Waals surface area (Å²) in [7, 11) is 0. The highest BCUT2D eigenvalue weighted by molar-refractivity contribution is 5.88. The van der Waals surface area contributed by atoms with Crippen molar-refractivity contribution in [1.29, 1.82) is 0 Å². The van der Waals surface area contributed by atoms with E-state index < -0.39 is 35.0 Å². The molecule has 2 aromatic rings. The van der Waals surface area contributed by atoms with Crippen LogP contribution in [0.3, 0.4) is 0 Å². The van der Waals surface area contributed by atoms with Gasteiger partial charge in [-0.25, -0.2) is 9.59 Å². The summed E-state index contributed by atoms with van der Waals surface area (Å²) in [6, 6.07) is 15.1. The summed E-state index contributed by atoms with van der Waals surface area (Å²) in [6.45, 7) is 5.31. The number of aliphatic carboxylic acids is 1. The van der Waals surface area contributed by atoms with Gasteiger partial charge in [0.25, 0.3) is 0 Å². The number of nitrogens with one attached hydrogen (secondary N) is 1. The van der Waals surface area contributed by atoms with Crippen molar-refractivity contribution in [2.75, 3.05) is 19.7 Å². The molecule has 1 fully saturated rings. The van der Waals surface area contributed by atoms with Crippen LogP contribution in [0.4, 0.5) is 4.79 Å². The van der Waals surface area contributed by atoms with Crippen molar-refractivity contribution in [3.05, 3.63) is 59.7 Å². The third kappa shape index (κ3) is 4.37. The first kappa shape index (κ1) is 23.8. The zero-order chi connectivity index (χ0) is 24.7. The number of likely N-dealkylation sites (tertiary alicyclic amines) is 1. The minimum absolute atomic E-state index is 0.0596. The van der Waals surface area contributed by atoms with Gasteiger partial charge in [0, 0.05) is 18.9 Å². The lowest BCUT2D eigenvalue weighted by molar-refractivity contribution is -0.157. The maximum Gasteiger partial charge on any atom is 0.407 e. The molecule has 2 atom stereocenters. The Balaban J connectivity index is 1.45. The van der Waals surface area contributed by atoms with E-state index in [0.717, 1.165) is 22.3 Å². The molecule has 0 spiro atoms. The first-order valence-corrected chi connectivity index (χ1v) is 11.4. The second-order valence-corrected chi connectivity index (χ2v) is 10.1. The fourth-order valence-electron chi connectivity index (χ4n) is 4.75. The number of hydrogen-bond acceptors (Lipinski definition) is 5. The van der Waals surface area contributed by atoms with Gasteiger partial charge in [-0.05, 0) is 27.7 Å². The molecule has 1 saturated heterocycles. The second kappa shape index (κ2) is 8.76. The van der Waals surface area contributed by atoms with E-state index in [-0.39, 0.29) is 32.0 Å². The van der Waals surface area contributed by atoms with Gasteiger partial charge in [0.15, 0.2) is 5.60 Å². The highest BCUT2D eigenvalue weighted by atomic mass is 16.5. The number of carbonyl (C=O) groups excluding carboxylic acids is 2. The molecule has 0 bridgehead atoms. The van der Waals surface area contributed by atoms with Gasteiger partial charge in [0.1, 0.15) is 12.6 Å². The van der Waals surface area contributed by atoms with Gasteiger partial charge in [-0.2, -0.15) is 0 Å². The number of carboxylic acids is 1. The highest BCUT2D eigenvalue weighted by Gasteiger charge is 2.47. The van der Waals surface area contributed by atoms with Crippen LogP contribution in [0.1, 0.15) is 44.2 Å². The molecule has 0 saturated carbocycles. The Bertz CT molecular complexity index is 1080. The predicted octanol–water partition coefficient (Wildman–Crippen LogP) is 2.99. The topological polar surface area (TPSA) is 116 Å². The van der Waals surface area contributed by atoms with Gasteiger partial charge in [-0.1, -0.05) is 69.3 Å². The van der Waals surface area contributed by atoms with Gasteiger partial charge in [0.05, 0.1) is 6.54 Å². The van der Waals surface area contributed by atoms with E-state index in [1.807, 2.05) is 36.4 Å². The normalized spacial score (nSPS) is 20.4. The van der Waals surface area contributed by atoms with Crippen LogP contribution < -0.4 is 5.32 Å². The van der Waals surface area contributed by atoms with E-state index in [2.05, 4.69) is 17.4 Å². The smallest absolute Gasteiger partial charge is 0.407 e. The van der Waals surface area contributed by atoms with Gasteiger partial charge >= 0.3 is 12.1 Å². The number of alkyl carbamates (subject to hydrolysis) is 1.